The van der Waals surface area contributed by atoms with Crippen molar-refractivity contribution in [1.29, 1.82) is 0 Å². The number of hydrogen-bond donors (Lipinski definition) is 0. The van der Waals surface area contributed by atoms with Crippen molar-refractivity contribution in [2.45, 2.75) is 11.8 Å². The van der Waals surface area contributed by atoms with E-state index in [1.54, 1.807) is 24.3 Å². The van der Waals surface area contributed by atoms with Crippen molar-refractivity contribution in [3.05, 3.63) is 53.1 Å². The van der Waals surface area contributed by atoms with Gasteiger partial charge in [-0.25, -0.2) is 13.4 Å². The number of aromatic nitrogens is 1. The van der Waals surface area contributed by atoms with E-state index in [2.05, 4.69) is 4.98 Å². The van der Waals surface area contributed by atoms with Crippen LogP contribution in [0.4, 0.5) is 5.13 Å². The van der Waals surface area contributed by atoms with E-state index in [1.807, 2.05) is 13.0 Å². The van der Waals surface area contributed by atoms with Gasteiger partial charge in [0.2, 0.25) is 0 Å². The molecule has 8 heteroatoms. The second-order valence-electron chi connectivity index (χ2n) is 5.46. The molecular formula is C17H15ClN2O3S2. The number of thiazole rings is 1. The van der Waals surface area contributed by atoms with Gasteiger partial charge in [0.1, 0.15) is 0 Å². The lowest BCUT2D eigenvalue weighted by Gasteiger charge is -2.17. The number of hydrogen-bond acceptors (Lipinski definition) is 5. The highest BCUT2D eigenvalue weighted by Crippen LogP contribution is 2.31. The zero-order chi connectivity index (χ0) is 18.2. The van der Waals surface area contributed by atoms with Crippen LogP contribution < -0.4 is 4.90 Å². The molecular weight excluding hydrogens is 380 g/mol. The predicted molar refractivity (Wildman–Crippen MR) is 102 cm³/mol. The molecule has 0 N–H and O–H groups in total. The number of carbonyl (C=O) groups is 1. The van der Waals surface area contributed by atoms with Crippen LogP contribution in [-0.2, 0) is 9.84 Å². The standard InChI is InChI=1S/C17H15ClN2O3S2/c1-3-20(17-19-14-10-12(18)7-8-15(14)24-17)16(21)11-5-4-6-13(9-11)25(2,22)23/h4-10H,3H2,1-2H3. The Hall–Kier alpha value is -1.96. The van der Waals surface area contributed by atoms with Gasteiger partial charge in [-0.1, -0.05) is 29.0 Å². The molecule has 25 heavy (non-hydrogen) atoms. The number of nitrogens with zero attached hydrogens (tertiary/aromatic N) is 2. The fraction of sp³-hybridized carbons (Fsp3) is 0.176. The van der Waals surface area contributed by atoms with Gasteiger partial charge in [-0.15, -0.1) is 0 Å². The Morgan fingerprint density at radius 1 is 1.24 bits per heavy atom. The molecule has 0 aliphatic rings. The van der Waals surface area contributed by atoms with Crippen molar-refractivity contribution in [3.63, 3.8) is 0 Å². The number of carbonyl (C=O) groups excluding carboxylic acids is 1. The molecule has 1 heterocycles. The fourth-order valence-electron chi connectivity index (χ4n) is 2.39. The van der Waals surface area contributed by atoms with Gasteiger partial charge in [0, 0.05) is 23.4 Å². The molecule has 0 aliphatic carbocycles. The van der Waals surface area contributed by atoms with Crippen molar-refractivity contribution in [2.24, 2.45) is 0 Å². The summed E-state index contributed by atoms with van der Waals surface area (Å²) in [5.74, 6) is -0.293. The number of halogens is 1. The lowest BCUT2D eigenvalue weighted by atomic mass is 10.2. The van der Waals surface area contributed by atoms with Crippen LogP contribution in [0.25, 0.3) is 10.2 Å². The minimum atomic E-state index is -3.38. The quantitative estimate of drug-likeness (QED) is 0.670. The summed E-state index contributed by atoms with van der Waals surface area (Å²) in [4.78, 5) is 19.0. The molecule has 0 aliphatic heterocycles. The molecule has 5 nitrogen and oxygen atoms in total. The van der Waals surface area contributed by atoms with E-state index in [-0.39, 0.29) is 10.8 Å². The first-order valence-corrected chi connectivity index (χ1v) is 10.6. The zero-order valence-corrected chi connectivity index (χ0v) is 16.0. The van der Waals surface area contributed by atoms with Crippen LogP contribution in [0, 0.1) is 0 Å². The molecule has 0 spiro atoms. The monoisotopic (exact) mass is 394 g/mol. The minimum Gasteiger partial charge on any atom is -0.284 e. The Morgan fingerprint density at radius 2 is 2.00 bits per heavy atom. The first-order valence-electron chi connectivity index (χ1n) is 7.47. The Bertz CT molecular complexity index is 1060. The third-order valence-corrected chi connectivity index (χ3v) is 6.04. The normalized spacial score (nSPS) is 11.6. The van der Waals surface area contributed by atoms with Gasteiger partial charge in [-0.05, 0) is 43.3 Å². The van der Waals surface area contributed by atoms with Crippen LogP contribution in [0.3, 0.4) is 0 Å². The highest BCUT2D eigenvalue weighted by Gasteiger charge is 2.21. The maximum Gasteiger partial charge on any atom is 0.260 e. The second kappa shape index (κ2) is 6.74. The summed E-state index contributed by atoms with van der Waals surface area (Å²) in [6, 6.07) is 11.4. The summed E-state index contributed by atoms with van der Waals surface area (Å²) in [7, 11) is -3.38. The zero-order valence-electron chi connectivity index (χ0n) is 13.6. The first-order chi connectivity index (χ1) is 11.8. The molecule has 3 aromatic rings. The molecule has 0 atom stereocenters. The third kappa shape index (κ3) is 3.68. The molecule has 3 rings (SSSR count). The van der Waals surface area contributed by atoms with Crippen molar-refractivity contribution in [3.8, 4) is 0 Å². The summed E-state index contributed by atoms with van der Waals surface area (Å²) < 4.78 is 24.4. The maximum absolute atomic E-state index is 12.9. The maximum atomic E-state index is 12.9. The average molecular weight is 395 g/mol. The summed E-state index contributed by atoms with van der Waals surface area (Å²) in [5.41, 5.74) is 1.03. The number of anilines is 1. The van der Waals surface area contributed by atoms with Gasteiger partial charge >= 0.3 is 0 Å². The van der Waals surface area contributed by atoms with Crippen LogP contribution in [0.2, 0.25) is 5.02 Å². The minimum absolute atomic E-state index is 0.116. The van der Waals surface area contributed by atoms with Gasteiger partial charge in [0.25, 0.3) is 5.91 Å². The Labute approximate surface area is 154 Å². The number of rotatable bonds is 4. The first kappa shape index (κ1) is 17.8. The lowest BCUT2D eigenvalue weighted by Crippen LogP contribution is -2.30. The van der Waals surface area contributed by atoms with E-state index >= 15 is 0 Å². The fourth-order valence-corrected chi connectivity index (χ4v) is 4.23. The highest BCUT2D eigenvalue weighted by atomic mass is 35.5. The van der Waals surface area contributed by atoms with E-state index in [1.165, 1.54) is 28.4 Å². The van der Waals surface area contributed by atoms with E-state index in [0.29, 0.717) is 22.3 Å². The molecule has 0 bridgehead atoms. The highest BCUT2D eigenvalue weighted by molar-refractivity contribution is 7.90. The SMILES string of the molecule is CCN(C(=O)c1cccc(S(C)(=O)=O)c1)c1nc2cc(Cl)ccc2s1. The van der Waals surface area contributed by atoms with Gasteiger partial charge in [0.05, 0.1) is 15.1 Å². The molecule has 0 saturated carbocycles. The molecule has 1 amide bonds. The number of fused-ring (bicyclic) bond motifs is 1. The van der Waals surface area contributed by atoms with Crippen LogP contribution in [0.1, 0.15) is 17.3 Å². The van der Waals surface area contributed by atoms with Crippen molar-refractivity contribution >= 4 is 54.0 Å². The summed E-state index contributed by atoms with van der Waals surface area (Å²) in [6.45, 7) is 2.26. The third-order valence-electron chi connectivity index (χ3n) is 3.64. The summed E-state index contributed by atoms with van der Waals surface area (Å²) in [5, 5.41) is 1.13. The van der Waals surface area contributed by atoms with E-state index < -0.39 is 9.84 Å². The van der Waals surface area contributed by atoms with Crippen LogP contribution in [-0.4, -0.2) is 32.1 Å². The van der Waals surface area contributed by atoms with E-state index in [9.17, 15) is 13.2 Å². The molecule has 0 saturated heterocycles. The summed E-state index contributed by atoms with van der Waals surface area (Å²) >= 11 is 7.38. The second-order valence-corrected chi connectivity index (χ2v) is 8.92. The van der Waals surface area contributed by atoms with Crippen molar-refractivity contribution in [2.75, 3.05) is 17.7 Å². The largest absolute Gasteiger partial charge is 0.284 e. The molecule has 0 unspecified atom stereocenters. The number of sulfone groups is 1. The predicted octanol–water partition coefficient (Wildman–Crippen LogP) is 4.02. The van der Waals surface area contributed by atoms with E-state index in [0.717, 1.165) is 16.5 Å². The average Bonchev–Trinajstić information content (AvgIpc) is 2.97. The topological polar surface area (TPSA) is 67.3 Å². The number of amides is 1. The Morgan fingerprint density at radius 3 is 2.68 bits per heavy atom. The molecule has 0 radical (unpaired) electrons. The molecule has 0 fully saturated rings. The molecule has 2 aromatic carbocycles. The van der Waals surface area contributed by atoms with E-state index in [4.69, 9.17) is 11.6 Å². The van der Waals surface area contributed by atoms with Crippen molar-refractivity contribution < 1.29 is 13.2 Å². The van der Waals surface area contributed by atoms with Crippen LogP contribution in [0.5, 0.6) is 0 Å². The van der Waals surface area contributed by atoms with Gasteiger partial charge in [-0.3, -0.25) is 9.69 Å². The Kier molecular flexibility index (Phi) is 4.81. The van der Waals surface area contributed by atoms with Gasteiger partial charge in [0.15, 0.2) is 15.0 Å². The van der Waals surface area contributed by atoms with Crippen LogP contribution >= 0.6 is 22.9 Å². The molecule has 130 valence electrons. The smallest absolute Gasteiger partial charge is 0.260 e. The van der Waals surface area contributed by atoms with Crippen molar-refractivity contribution in [1.82, 2.24) is 4.98 Å². The Balaban J connectivity index is 2.01. The lowest BCUT2D eigenvalue weighted by molar-refractivity contribution is 0.0988. The van der Waals surface area contributed by atoms with Gasteiger partial charge in [-0.2, -0.15) is 0 Å². The number of benzene rings is 2. The molecule has 1 aromatic heterocycles. The summed E-state index contributed by atoms with van der Waals surface area (Å²) in [6.07, 6.45) is 1.12. The van der Waals surface area contributed by atoms with Gasteiger partial charge < -0.3 is 0 Å². The van der Waals surface area contributed by atoms with Crippen LogP contribution in [0.15, 0.2) is 47.4 Å².